The van der Waals surface area contributed by atoms with Crippen LogP contribution in [0.2, 0.25) is 0 Å². The van der Waals surface area contributed by atoms with Crippen molar-refractivity contribution >= 4 is 46.0 Å². The molecule has 2 heterocycles. The van der Waals surface area contributed by atoms with Crippen LogP contribution >= 0.6 is 34.4 Å². The molecule has 4 rings (SSSR count). The molecule has 9 heteroatoms. The van der Waals surface area contributed by atoms with Crippen molar-refractivity contribution in [1.82, 2.24) is 9.97 Å². The number of phenolic OH excluding ortho intramolecular Hbond substituents is 1. The molecular formula is C23H26IN3O4S. The number of H-pyrrole nitrogens is 1. The quantitative estimate of drug-likeness (QED) is 0.262. The highest BCUT2D eigenvalue weighted by atomic mass is 127. The SMILES string of the molecule is COc1cc(C2C3=C(CCCC3=O)Nc3nc(SCCC(C)C)[nH]c(=O)c32)cc(I)c1O. The molecule has 3 N–H and O–H groups in total. The van der Waals surface area contributed by atoms with Crippen molar-refractivity contribution in [1.29, 1.82) is 0 Å². The molecule has 0 amide bonds. The van der Waals surface area contributed by atoms with Gasteiger partial charge in [-0.05, 0) is 65.5 Å². The van der Waals surface area contributed by atoms with E-state index in [4.69, 9.17) is 9.72 Å². The lowest BCUT2D eigenvalue weighted by molar-refractivity contribution is -0.116. The number of anilines is 1. The summed E-state index contributed by atoms with van der Waals surface area (Å²) in [5.41, 5.74) is 2.33. The fourth-order valence-corrected chi connectivity index (χ4v) is 5.88. The van der Waals surface area contributed by atoms with E-state index in [1.165, 1.54) is 18.9 Å². The molecule has 170 valence electrons. The van der Waals surface area contributed by atoms with Crippen molar-refractivity contribution in [3.63, 3.8) is 0 Å². The predicted molar refractivity (Wildman–Crippen MR) is 134 cm³/mol. The molecule has 2 aromatic rings. The molecule has 2 aliphatic rings. The number of phenols is 1. The number of hydrogen-bond donors (Lipinski definition) is 3. The van der Waals surface area contributed by atoms with Gasteiger partial charge < -0.3 is 20.1 Å². The summed E-state index contributed by atoms with van der Waals surface area (Å²) in [5, 5.41) is 14.2. The van der Waals surface area contributed by atoms with Gasteiger partial charge in [0.2, 0.25) is 0 Å². The second-order valence-corrected chi connectivity index (χ2v) is 10.7. The average Bonchev–Trinajstić information content (AvgIpc) is 2.74. The molecule has 7 nitrogen and oxygen atoms in total. The van der Waals surface area contributed by atoms with Gasteiger partial charge in [0, 0.05) is 29.4 Å². The third-order valence-corrected chi connectivity index (χ3v) is 7.50. The molecule has 0 radical (unpaired) electrons. The highest BCUT2D eigenvalue weighted by Crippen LogP contribution is 2.46. The number of allylic oxidation sites excluding steroid dienone is 2. The Labute approximate surface area is 204 Å². The van der Waals surface area contributed by atoms with E-state index >= 15 is 0 Å². The molecule has 0 bridgehead atoms. The maximum absolute atomic E-state index is 13.3. The summed E-state index contributed by atoms with van der Waals surface area (Å²) >= 11 is 3.56. The van der Waals surface area contributed by atoms with Crippen LogP contribution in [0.25, 0.3) is 0 Å². The second kappa shape index (κ2) is 9.46. The highest BCUT2D eigenvalue weighted by molar-refractivity contribution is 14.1. The maximum Gasteiger partial charge on any atom is 0.257 e. The molecule has 1 atom stereocenters. The van der Waals surface area contributed by atoms with E-state index in [2.05, 4.69) is 24.1 Å². The Kier molecular flexibility index (Phi) is 6.85. The number of carbonyl (C=O) groups excluding carboxylic acids is 1. The molecule has 32 heavy (non-hydrogen) atoms. The number of aromatic amines is 1. The summed E-state index contributed by atoms with van der Waals surface area (Å²) in [5.74, 6) is 1.75. The fourth-order valence-electron chi connectivity index (χ4n) is 4.15. The van der Waals surface area contributed by atoms with E-state index < -0.39 is 5.92 Å². The first-order chi connectivity index (χ1) is 15.3. The van der Waals surface area contributed by atoms with E-state index in [1.54, 1.807) is 12.1 Å². The van der Waals surface area contributed by atoms with Gasteiger partial charge >= 0.3 is 0 Å². The van der Waals surface area contributed by atoms with Crippen molar-refractivity contribution in [2.75, 3.05) is 18.2 Å². The molecule has 1 unspecified atom stereocenters. The average molecular weight is 567 g/mol. The number of ketones is 1. The van der Waals surface area contributed by atoms with Crippen molar-refractivity contribution in [2.45, 2.75) is 50.6 Å². The van der Waals surface area contributed by atoms with Crippen LogP contribution in [0.3, 0.4) is 0 Å². The summed E-state index contributed by atoms with van der Waals surface area (Å²) in [4.78, 5) is 33.9. The summed E-state index contributed by atoms with van der Waals surface area (Å²) in [6.07, 6.45) is 2.97. The second-order valence-electron chi connectivity index (χ2n) is 8.44. The number of aromatic nitrogens is 2. The number of methoxy groups -OCH3 is 1. The molecule has 0 saturated carbocycles. The van der Waals surface area contributed by atoms with Gasteiger partial charge in [-0.1, -0.05) is 25.6 Å². The Bertz CT molecular complexity index is 1160. The molecule has 1 aromatic carbocycles. The Morgan fingerprint density at radius 1 is 1.31 bits per heavy atom. The molecule has 1 aliphatic heterocycles. The van der Waals surface area contributed by atoms with Crippen molar-refractivity contribution in [3.05, 3.63) is 48.5 Å². The molecular weight excluding hydrogens is 541 g/mol. The number of benzene rings is 1. The van der Waals surface area contributed by atoms with Gasteiger partial charge in [0.25, 0.3) is 5.56 Å². The minimum atomic E-state index is -0.567. The number of carbonyl (C=O) groups is 1. The number of aromatic hydroxyl groups is 1. The lowest BCUT2D eigenvalue weighted by Gasteiger charge is -2.33. The Morgan fingerprint density at radius 3 is 2.81 bits per heavy atom. The zero-order valence-electron chi connectivity index (χ0n) is 18.3. The van der Waals surface area contributed by atoms with Gasteiger partial charge in [-0.3, -0.25) is 9.59 Å². The van der Waals surface area contributed by atoms with E-state index in [9.17, 15) is 14.7 Å². The number of fused-ring (bicyclic) bond motifs is 1. The fraction of sp³-hybridized carbons (Fsp3) is 0.435. The largest absolute Gasteiger partial charge is 0.504 e. The van der Waals surface area contributed by atoms with Crippen molar-refractivity contribution in [2.24, 2.45) is 5.92 Å². The predicted octanol–water partition coefficient (Wildman–Crippen LogP) is 4.79. The summed E-state index contributed by atoms with van der Waals surface area (Å²) in [6, 6.07) is 3.50. The van der Waals surface area contributed by atoms with Gasteiger partial charge in [-0.2, -0.15) is 0 Å². The van der Waals surface area contributed by atoms with Crippen LogP contribution in [0.4, 0.5) is 5.82 Å². The van der Waals surface area contributed by atoms with Crippen molar-refractivity contribution < 1.29 is 14.6 Å². The first-order valence-electron chi connectivity index (χ1n) is 10.7. The normalized spacial score (nSPS) is 17.8. The van der Waals surface area contributed by atoms with Crippen LogP contribution in [-0.4, -0.2) is 33.7 Å². The van der Waals surface area contributed by atoms with E-state index in [-0.39, 0.29) is 17.1 Å². The maximum atomic E-state index is 13.3. The summed E-state index contributed by atoms with van der Waals surface area (Å²) < 4.78 is 5.94. The molecule has 1 aliphatic carbocycles. The van der Waals surface area contributed by atoms with Gasteiger partial charge in [-0.25, -0.2) is 4.98 Å². The number of thioether (sulfide) groups is 1. The Hall–Kier alpha value is -2.01. The van der Waals surface area contributed by atoms with Crippen molar-refractivity contribution in [3.8, 4) is 11.5 Å². The van der Waals surface area contributed by atoms with Crippen LogP contribution in [0.5, 0.6) is 11.5 Å². The Balaban J connectivity index is 1.85. The first kappa shape index (κ1) is 23.2. The van der Waals surface area contributed by atoms with Gasteiger partial charge in [-0.15, -0.1) is 0 Å². The number of rotatable bonds is 6. The lowest BCUT2D eigenvalue weighted by Crippen LogP contribution is -2.32. The summed E-state index contributed by atoms with van der Waals surface area (Å²) in [6.45, 7) is 4.33. The van der Waals surface area contributed by atoms with Crippen LogP contribution in [-0.2, 0) is 4.79 Å². The Morgan fingerprint density at radius 2 is 2.09 bits per heavy atom. The number of ether oxygens (including phenoxy) is 1. The molecule has 0 fully saturated rings. The number of nitrogens with zero attached hydrogens (tertiary/aromatic N) is 1. The van der Waals surface area contributed by atoms with E-state index in [0.29, 0.717) is 43.8 Å². The zero-order valence-corrected chi connectivity index (χ0v) is 21.2. The standard InChI is InChI=1S/C23H26IN3O4S/c1-11(2)7-8-32-23-26-21-19(22(30)27-23)17(18-14(25-21)5-4-6-15(18)28)12-9-13(24)20(29)16(10-12)31-3/h9-11,17,29H,4-8H2,1-3H3,(H2,25,26,27,30). The number of hydrogen-bond acceptors (Lipinski definition) is 7. The minimum absolute atomic E-state index is 0.0336. The summed E-state index contributed by atoms with van der Waals surface area (Å²) in [7, 11) is 1.48. The van der Waals surface area contributed by atoms with Crippen LogP contribution in [0, 0.1) is 9.49 Å². The van der Waals surface area contributed by atoms with E-state index in [1.807, 2.05) is 22.6 Å². The van der Waals surface area contributed by atoms with Crippen LogP contribution in [0.15, 0.2) is 33.4 Å². The van der Waals surface area contributed by atoms with E-state index in [0.717, 1.165) is 36.3 Å². The minimum Gasteiger partial charge on any atom is -0.504 e. The monoisotopic (exact) mass is 567 g/mol. The number of halogens is 1. The van der Waals surface area contributed by atoms with Crippen LogP contribution < -0.4 is 15.6 Å². The molecule has 0 saturated heterocycles. The molecule has 1 aromatic heterocycles. The first-order valence-corrected chi connectivity index (χ1v) is 12.7. The number of Topliss-reactive ketones (excluding diaryl/α,β-unsaturated/α-hetero) is 1. The van der Waals surface area contributed by atoms with Gasteiger partial charge in [0.15, 0.2) is 22.4 Å². The number of nitrogens with one attached hydrogen (secondary N) is 2. The highest BCUT2D eigenvalue weighted by Gasteiger charge is 2.38. The lowest BCUT2D eigenvalue weighted by atomic mass is 9.76. The van der Waals surface area contributed by atoms with Crippen LogP contribution in [0.1, 0.15) is 56.6 Å². The smallest absolute Gasteiger partial charge is 0.257 e. The van der Waals surface area contributed by atoms with Gasteiger partial charge in [0.05, 0.1) is 16.2 Å². The topological polar surface area (TPSA) is 104 Å². The molecule has 0 spiro atoms. The third kappa shape index (κ3) is 4.41. The zero-order chi connectivity index (χ0) is 23.0. The van der Waals surface area contributed by atoms with Gasteiger partial charge in [0.1, 0.15) is 5.82 Å². The third-order valence-electron chi connectivity index (χ3n) is 5.77.